The lowest BCUT2D eigenvalue weighted by atomic mass is 9.84. The van der Waals surface area contributed by atoms with Crippen LogP contribution in [0, 0.1) is 12.8 Å². The number of carbonyl (C=O) groups is 2. The van der Waals surface area contributed by atoms with Crippen molar-refractivity contribution in [3.8, 4) is 16.9 Å². The standard InChI is InChI=1S/C28H32N4O3/c1-3-35-28(34)24-19-26(32(29-24)25-10-5-4-7-20(25)2)21-11-13-23(14-12-21)30-15-17-31(18-16-30)27(33)22-8-6-9-22/h4-5,7,10-14,19,22H,3,6,8-9,15-18H2,1-2H3. The van der Waals surface area contributed by atoms with Gasteiger partial charge in [-0.3, -0.25) is 4.79 Å². The van der Waals surface area contributed by atoms with E-state index in [1.165, 1.54) is 6.42 Å². The molecule has 1 amide bonds. The number of nitrogens with zero attached hydrogens (tertiary/aromatic N) is 4. The number of carbonyl (C=O) groups excluding carboxylic acids is 2. The lowest BCUT2D eigenvalue weighted by Gasteiger charge is -2.39. The van der Waals surface area contributed by atoms with Gasteiger partial charge in [-0.05, 0) is 56.5 Å². The lowest BCUT2D eigenvalue weighted by molar-refractivity contribution is -0.138. The van der Waals surface area contributed by atoms with Crippen LogP contribution in [0.1, 0.15) is 42.2 Å². The van der Waals surface area contributed by atoms with Crippen molar-refractivity contribution in [2.45, 2.75) is 33.1 Å². The van der Waals surface area contributed by atoms with Crippen LogP contribution in [-0.2, 0) is 9.53 Å². The van der Waals surface area contributed by atoms with Crippen molar-refractivity contribution in [2.24, 2.45) is 5.92 Å². The molecular weight excluding hydrogens is 440 g/mol. The Balaban J connectivity index is 1.36. The van der Waals surface area contributed by atoms with Gasteiger partial charge >= 0.3 is 5.97 Å². The second-order valence-corrected chi connectivity index (χ2v) is 9.32. The number of para-hydroxylation sites is 1. The molecule has 7 nitrogen and oxygen atoms in total. The number of hydrogen-bond acceptors (Lipinski definition) is 5. The van der Waals surface area contributed by atoms with Gasteiger partial charge in [-0.25, -0.2) is 9.48 Å². The first kappa shape index (κ1) is 23.1. The van der Waals surface area contributed by atoms with Gasteiger partial charge in [0.25, 0.3) is 0 Å². The molecule has 2 aliphatic rings. The van der Waals surface area contributed by atoms with Gasteiger partial charge in [0.2, 0.25) is 5.91 Å². The number of rotatable bonds is 6. The Morgan fingerprint density at radius 1 is 1.00 bits per heavy atom. The highest BCUT2D eigenvalue weighted by atomic mass is 16.5. The molecule has 3 aromatic rings. The van der Waals surface area contributed by atoms with E-state index in [4.69, 9.17) is 4.74 Å². The minimum Gasteiger partial charge on any atom is -0.461 e. The second kappa shape index (κ2) is 9.94. The fraction of sp³-hybridized carbons (Fsp3) is 0.393. The van der Waals surface area contributed by atoms with E-state index in [1.807, 2.05) is 40.8 Å². The molecule has 0 N–H and O–H groups in total. The first-order chi connectivity index (χ1) is 17.0. The van der Waals surface area contributed by atoms with E-state index in [2.05, 4.69) is 34.3 Å². The molecule has 1 aliphatic heterocycles. The fourth-order valence-electron chi connectivity index (χ4n) is 4.82. The minimum absolute atomic E-state index is 0.262. The summed E-state index contributed by atoms with van der Waals surface area (Å²) in [6.07, 6.45) is 3.29. The van der Waals surface area contributed by atoms with E-state index in [0.717, 1.165) is 67.2 Å². The Morgan fingerprint density at radius 2 is 1.71 bits per heavy atom. The Labute approximate surface area is 206 Å². The third-order valence-electron chi connectivity index (χ3n) is 7.11. The summed E-state index contributed by atoms with van der Waals surface area (Å²) < 4.78 is 7.02. The smallest absolute Gasteiger partial charge is 0.358 e. The molecule has 5 rings (SSSR count). The minimum atomic E-state index is -0.424. The normalized spacial score (nSPS) is 16.2. The van der Waals surface area contributed by atoms with Gasteiger partial charge in [0.05, 0.1) is 18.0 Å². The lowest BCUT2D eigenvalue weighted by Crippen LogP contribution is -2.51. The molecule has 2 heterocycles. The predicted molar refractivity (Wildman–Crippen MR) is 136 cm³/mol. The third kappa shape index (κ3) is 4.67. The van der Waals surface area contributed by atoms with Crippen LogP contribution in [0.5, 0.6) is 0 Å². The molecule has 1 aliphatic carbocycles. The maximum Gasteiger partial charge on any atom is 0.358 e. The highest BCUT2D eigenvalue weighted by Crippen LogP contribution is 2.30. The maximum atomic E-state index is 12.6. The summed E-state index contributed by atoms with van der Waals surface area (Å²) in [5.74, 6) is 0.179. The number of piperazine rings is 1. The number of benzene rings is 2. The fourth-order valence-corrected chi connectivity index (χ4v) is 4.82. The number of anilines is 1. The molecule has 0 radical (unpaired) electrons. The Bertz CT molecular complexity index is 1210. The van der Waals surface area contributed by atoms with Gasteiger partial charge in [0.1, 0.15) is 0 Å². The van der Waals surface area contributed by atoms with Crippen LogP contribution in [0.2, 0.25) is 0 Å². The molecule has 2 aromatic carbocycles. The number of ether oxygens (including phenoxy) is 1. The van der Waals surface area contributed by atoms with E-state index in [0.29, 0.717) is 18.2 Å². The number of hydrogen-bond donors (Lipinski definition) is 0. The van der Waals surface area contributed by atoms with E-state index in [9.17, 15) is 9.59 Å². The molecule has 0 bridgehead atoms. The molecular formula is C28H32N4O3. The van der Waals surface area contributed by atoms with Crippen molar-refractivity contribution in [3.63, 3.8) is 0 Å². The largest absolute Gasteiger partial charge is 0.461 e. The van der Waals surface area contributed by atoms with E-state index in [-0.39, 0.29) is 5.92 Å². The van der Waals surface area contributed by atoms with Crippen molar-refractivity contribution in [2.75, 3.05) is 37.7 Å². The van der Waals surface area contributed by atoms with Crippen molar-refractivity contribution >= 4 is 17.6 Å². The van der Waals surface area contributed by atoms with Gasteiger partial charge in [-0.15, -0.1) is 0 Å². The van der Waals surface area contributed by atoms with Crippen molar-refractivity contribution < 1.29 is 14.3 Å². The van der Waals surface area contributed by atoms with Gasteiger partial charge < -0.3 is 14.5 Å². The number of amides is 1. The van der Waals surface area contributed by atoms with Crippen LogP contribution >= 0.6 is 0 Å². The predicted octanol–water partition coefficient (Wildman–Crippen LogP) is 4.47. The molecule has 0 spiro atoms. The van der Waals surface area contributed by atoms with E-state index < -0.39 is 5.97 Å². The van der Waals surface area contributed by atoms with Crippen LogP contribution < -0.4 is 4.90 Å². The molecule has 1 aromatic heterocycles. The van der Waals surface area contributed by atoms with Crippen molar-refractivity contribution in [1.82, 2.24) is 14.7 Å². The van der Waals surface area contributed by atoms with Gasteiger partial charge in [0, 0.05) is 43.3 Å². The average Bonchev–Trinajstić information content (AvgIpc) is 3.29. The van der Waals surface area contributed by atoms with E-state index >= 15 is 0 Å². The number of aromatic nitrogens is 2. The second-order valence-electron chi connectivity index (χ2n) is 9.32. The van der Waals surface area contributed by atoms with Crippen LogP contribution in [0.4, 0.5) is 5.69 Å². The summed E-state index contributed by atoms with van der Waals surface area (Å²) in [5, 5.41) is 4.59. The summed E-state index contributed by atoms with van der Waals surface area (Å²) in [6, 6.07) is 18.1. The SMILES string of the molecule is CCOC(=O)c1cc(-c2ccc(N3CCN(C(=O)C4CCC4)CC3)cc2)n(-c2ccccc2C)n1. The number of esters is 1. The molecule has 0 atom stereocenters. The van der Waals surface area contributed by atoms with Crippen LogP contribution in [0.15, 0.2) is 54.6 Å². The Kier molecular flexibility index (Phi) is 6.57. The molecule has 7 heteroatoms. The third-order valence-corrected chi connectivity index (χ3v) is 7.11. The van der Waals surface area contributed by atoms with Crippen LogP contribution in [-0.4, -0.2) is 59.3 Å². The average molecular weight is 473 g/mol. The van der Waals surface area contributed by atoms with Crippen LogP contribution in [0.3, 0.4) is 0 Å². The zero-order valence-electron chi connectivity index (χ0n) is 20.4. The molecule has 1 saturated heterocycles. The monoisotopic (exact) mass is 472 g/mol. The molecule has 35 heavy (non-hydrogen) atoms. The van der Waals surface area contributed by atoms with Gasteiger partial charge in [0.15, 0.2) is 5.69 Å². The van der Waals surface area contributed by atoms with Crippen molar-refractivity contribution in [3.05, 3.63) is 65.9 Å². The van der Waals surface area contributed by atoms with E-state index in [1.54, 1.807) is 13.0 Å². The maximum absolute atomic E-state index is 12.6. The quantitative estimate of drug-likeness (QED) is 0.495. The number of aryl methyl sites for hydroxylation is 1. The first-order valence-corrected chi connectivity index (χ1v) is 12.5. The molecule has 0 unspecified atom stereocenters. The van der Waals surface area contributed by atoms with Gasteiger partial charge in [-0.1, -0.05) is 36.8 Å². The summed E-state index contributed by atoms with van der Waals surface area (Å²) in [7, 11) is 0. The zero-order valence-corrected chi connectivity index (χ0v) is 20.4. The molecule has 1 saturated carbocycles. The highest BCUT2D eigenvalue weighted by Gasteiger charge is 2.31. The highest BCUT2D eigenvalue weighted by molar-refractivity contribution is 5.89. The zero-order chi connectivity index (χ0) is 24.4. The van der Waals surface area contributed by atoms with Gasteiger partial charge in [-0.2, -0.15) is 5.10 Å². The summed E-state index contributed by atoms with van der Waals surface area (Å²) in [4.78, 5) is 29.3. The van der Waals surface area contributed by atoms with Crippen LogP contribution in [0.25, 0.3) is 16.9 Å². The first-order valence-electron chi connectivity index (χ1n) is 12.5. The Hall–Kier alpha value is -3.61. The summed E-state index contributed by atoms with van der Waals surface area (Å²) >= 11 is 0. The van der Waals surface area contributed by atoms with Crippen molar-refractivity contribution in [1.29, 1.82) is 0 Å². The topological polar surface area (TPSA) is 67.7 Å². The Morgan fingerprint density at radius 3 is 2.34 bits per heavy atom. The molecule has 2 fully saturated rings. The summed E-state index contributed by atoms with van der Waals surface area (Å²) in [6.45, 7) is 7.36. The summed E-state index contributed by atoms with van der Waals surface area (Å²) in [5.41, 5.74) is 5.23. The molecule has 182 valence electrons.